The summed E-state index contributed by atoms with van der Waals surface area (Å²) in [5.74, 6) is 0.812. The van der Waals surface area contributed by atoms with Gasteiger partial charge in [0.05, 0.1) is 11.9 Å². The molecule has 0 saturated heterocycles. The summed E-state index contributed by atoms with van der Waals surface area (Å²) in [6, 6.07) is 28.2. The standard InChI is InChI=1S/C23H21NOS/c1-18-10-9-11-20(16-18)24-23(26-22-14-7-4-8-15-22)19(2)17-25-21-12-5-3-6-13-21/h3-17H,1-2H3/b19-17+,24-23-. The third kappa shape index (κ3) is 5.36. The number of rotatable bonds is 5. The lowest BCUT2D eigenvalue weighted by atomic mass is 10.2. The maximum atomic E-state index is 5.79. The lowest BCUT2D eigenvalue weighted by molar-refractivity contribution is 0.478. The number of aliphatic imine (C=N–C) groups is 1. The fourth-order valence-corrected chi connectivity index (χ4v) is 3.19. The van der Waals surface area contributed by atoms with Gasteiger partial charge in [-0.05, 0) is 55.8 Å². The first-order valence-corrected chi connectivity index (χ1v) is 9.29. The molecule has 0 atom stereocenters. The number of benzene rings is 3. The zero-order valence-corrected chi connectivity index (χ0v) is 15.7. The van der Waals surface area contributed by atoms with Crippen LogP contribution in [-0.2, 0) is 0 Å². The van der Waals surface area contributed by atoms with E-state index in [1.165, 1.54) is 5.56 Å². The van der Waals surface area contributed by atoms with Crippen molar-refractivity contribution >= 4 is 22.5 Å². The number of aryl methyl sites for hydroxylation is 1. The van der Waals surface area contributed by atoms with E-state index in [0.29, 0.717) is 0 Å². The minimum absolute atomic E-state index is 0.812. The fraction of sp³-hybridized carbons (Fsp3) is 0.0870. The first-order chi connectivity index (χ1) is 12.7. The van der Waals surface area contributed by atoms with Gasteiger partial charge in [0, 0.05) is 10.5 Å². The molecule has 0 aliphatic heterocycles. The summed E-state index contributed by atoms with van der Waals surface area (Å²) >= 11 is 1.63. The van der Waals surface area contributed by atoms with Crippen molar-refractivity contribution in [1.82, 2.24) is 0 Å². The van der Waals surface area contributed by atoms with Gasteiger partial charge in [0.1, 0.15) is 10.8 Å². The van der Waals surface area contributed by atoms with Crippen molar-refractivity contribution in [3.8, 4) is 5.75 Å². The van der Waals surface area contributed by atoms with E-state index in [2.05, 4.69) is 31.2 Å². The molecule has 0 amide bonds. The third-order valence-electron chi connectivity index (χ3n) is 3.64. The minimum atomic E-state index is 0.812. The van der Waals surface area contributed by atoms with Crippen LogP contribution in [0.15, 0.2) is 107 Å². The summed E-state index contributed by atoms with van der Waals surface area (Å²) in [7, 11) is 0. The lowest BCUT2D eigenvalue weighted by Crippen LogP contribution is -1.97. The van der Waals surface area contributed by atoms with Crippen molar-refractivity contribution in [1.29, 1.82) is 0 Å². The molecule has 0 aliphatic rings. The molecule has 26 heavy (non-hydrogen) atoms. The summed E-state index contributed by atoms with van der Waals surface area (Å²) in [5, 5.41) is 0.915. The van der Waals surface area contributed by atoms with Gasteiger partial charge in [-0.15, -0.1) is 0 Å². The highest BCUT2D eigenvalue weighted by molar-refractivity contribution is 8.14. The second kappa shape index (κ2) is 9.07. The van der Waals surface area contributed by atoms with Gasteiger partial charge in [-0.3, -0.25) is 0 Å². The van der Waals surface area contributed by atoms with E-state index in [-0.39, 0.29) is 0 Å². The predicted molar refractivity (Wildman–Crippen MR) is 111 cm³/mol. The van der Waals surface area contributed by atoms with Gasteiger partial charge in [-0.25, -0.2) is 4.99 Å². The predicted octanol–water partition coefficient (Wildman–Crippen LogP) is 6.80. The Labute approximate surface area is 159 Å². The quantitative estimate of drug-likeness (QED) is 0.216. The zero-order chi connectivity index (χ0) is 18.2. The molecule has 0 aliphatic carbocycles. The molecule has 3 heteroatoms. The number of hydrogen-bond acceptors (Lipinski definition) is 3. The molecule has 0 saturated carbocycles. The first-order valence-electron chi connectivity index (χ1n) is 8.48. The highest BCUT2D eigenvalue weighted by Gasteiger charge is 2.07. The Morgan fingerprint density at radius 1 is 0.885 bits per heavy atom. The molecule has 0 radical (unpaired) electrons. The van der Waals surface area contributed by atoms with Crippen LogP contribution in [0.2, 0.25) is 0 Å². The van der Waals surface area contributed by atoms with Crippen LogP contribution in [0.4, 0.5) is 5.69 Å². The van der Waals surface area contributed by atoms with E-state index in [1.54, 1.807) is 18.0 Å². The molecule has 2 nitrogen and oxygen atoms in total. The maximum absolute atomic E-state index is 5.79. The fourth-order valence-electron chi connectivity index (χ4n) is 2.31. The van der Waals surface area contributed by atoms with Crippen molar-refractivity contribution in [2.45, 2.75) is 18.7 Å². The van der Waals surface area contributed by atoms with Gasteiger partial charge in [-0.2, -0.15) is 0 Å². The molecule has 0 bridgehead atoms. The Hall–Kier alpha value is -2.78. The Morgan fingerprint density at radius 3 is 2.27 bits per heavy atom. The zero-order valence-electron chi connectivity index (χ0n) is 14.9. The van der Waals surface area contributed by atoms with Gasteiger partial charge >= 0.3 is 0 Å². The van der Waals surface area contributed by atoms with E-state index in [4.69, 9.17) is 9.73 Å². The van der Waals surface area contributed by atoms with Crippen LogP contribution in [0.3, 0.4) is 0 Å². The van der Waals surface area contributed by atoms with Gasteiger partial charge in [-0.1, -0.05) is 60.3 Å². The molecule has 0 heterocycles. The third-order valence-corrected chi connectivity index (χ3v) is 4.76. The maximum Gasteiger partial charge on any atom is 0.126 e. The molecule has 0 N–H and O–H groups in total. The Kier molecular flexibility index (Phi) is 6.29. The molecule has 0 fully saturated rings. The van der Waals surface area contributed by atoms with Crippen LogP contribution in [0.5, 0.6) is 5.75 Å². The largest absolute Gasteiger partial charge is 0.465 e. The molecule has 3 aromatic rings. The number of nitrogens with zero attached hydrogens (tertiary/aromatic N) is 1. The van der Waals surface area contributed by atoms with Crippen molar-refractivity contribution < 1.29 is 4.74 Å². The van der Waals surface area contributed by atoms with Crippen LogP contribution in [0.1, 0.15) is 12.5 Å². The van der Waals surface area contributed by atoms with Gasteiger partial charge in [0.15, 0.2) is 0 Å². The normalized spacial score (nSPS) is 12.1. The molecular formula is C23H21NOS. The number of hydrogen-bond donors (Lipinski definition) is 0. The number of thioether (sulfide) groups is 1. The number of ether oxygens (including phenoxy) is 1. The molecule has 0 aromatic heterocycles. The molecule has 3 aromatic carbocycles. The summed E-state index contributed by atoms with van der Waals surface area (Å²) in [5.41, 5.74) is 3.11. The van der Waals surface area contributed by atoms with Gasteiger partial charge in [0.2, 0.25) is 0 Å². The van der Waals surface area contributed by atoms with Gasteiger partial charge < -0.3 is 4.74 Å². The molecule has 3 rings (SSSR count). The van der Waals surface area contributed by atoms with E-state index in [1.807, 2.05) is 67.6 Å². The Morgan fingerprint density at radius 2 is 1.58 bits per heavy atom. The minimum Gasteiger partial charge on any atom is -0.465 e. The summed E-state index contributed by atoms with van der Waals surface area (Å²) in [6.07, 6.45) is 1.76. The molecule has 0 unspecified atom stereocenters. The van der Waals surface area contributed by atoms with Crippen molar-refractivity contribution in [3.05, 3.63) is 102 Å². The van der Waals surface area contributed by atoms with Crippen LogP contribution >= 0.6 is 11.8 Å². The lowest BCUT2D eigenvalue weighted by Gasteiger charge is -2.08. The average Bonchev–Trinajstić information content (AvgIpc) is 2.67. The van der Waals surface area contributed by atoms with Crippen molar-refractivity contribution in [2.75, 3.05) is 0 Å². The second-order valence-corrected chi connectivity index (χ2v) is 6.97. The highest BCUT2D eigenvalue weighted by Crippen LogP contribution is 2.27. The topological polar surface area (TPSA) is 21.6 Å². The Balaban J connectivity index is 1.88. The first kappa shape index (κ1) is 18.0. The van der Waals surface area contributed by atoms with E-state index >= 15 is 0 Å². The SMILES string of the molecule is CC(=C\Oc1ccccc1)/C(=N/c1cccc(C)c1)Sc1ccccc1. The van der Waals surface area contributed by atoms with E-state index in [0.717, 1.165) is 26.9 Å². The van der Waals surface area contributed by atoms with E-state index in [9.17, 15) is 0 Å². The molecular weight excluding hydrogens is 338 g/mol. The monoisotopic (exact) mass is 359 g/mol. The van der Waals surface area contributed by atoms with Crippen LogP contribution in [-0.4, -0.2) is 5.04 Å². The highest BCUT2D eigenvalue weighted by atomic mass is 32.2. The Bertz CT molecular complexity index is 902. The van der Waals surface area contributed by atoms with Crippen molar-refractivity contribution in [2.24, 2.45) is 4.99 Å². The molecule has 130 valence electrons. The van der Waals surface area contributed by atoms with Crippen LogP contribution < -0.4 is 4.74 Å². The number of para-hydroxylation sites is 1. The smallest absolute Gasteiger partial charge is 0.126 e. The summed E-state index contributed by atoms with van der Waals surface area (Å²) < 4.78 is 5.79. The average molecular weight is 359 g/mol. The molecule has 0 spiro atoms. The van der Waals surface area contributed by atoms with Gasteiger partial charge in [0.25, 0.3) is 0 Å². The summed E-state index contributed by atoms with van der Waals surface area (Å²) in [4.78, 5) is 6.00. The second-order valence-electron chi connectivity index (χ2n) is 5.90. The summed E-state index contributed by atoms with van der Waals surface area (Å²) in [6.45, 7) is 4.09. The van der Waals surface area contributed by atoms with Crippen LogP contribution in [0.25, 0.3) is 0 Å². The van der Waals surface area contributed by atoms with Crippen LogP contribution in [0, 0.1) is 6.92 Å². The van der Waals surface area contributed by atoms with Crippen molar-refractivity contribution in [3.63, 3.8) is 0 Å². The van der Waals surface area contributed by atoms with E-state index < -0.39 is 0 Å².